The van der Waals surface area contributed by atoms with E-state index in [0.717, 1.165) is 29.9 Å². The van der Waals surface area contributed by atoms with Gasteiger partial charge in [-0.15, -0.1) is 5.10 Å². The fourth-order valence-corrected chi connectivity index (χ4v) is 3.67. The van der Waals surface area contributed by atoms with Crippen molar-refractivity contribution in [2.75, 3.05) is 0 Å². The van der Waals surface area contributed by atoms with E-state index in [-0.39, 0.29) is 6.10 Å². The summed E-state index contributed by atoms with van der Waals surface area (Å²) in [6, 6.07) is 0. The molecule has 16 heavy (non-hydrogen) atoms. The molecule has 1 N–H and O–H groups in total. The molecule has 4 nitrogen and oxygen atoms in total. The Bertz CT molecular complexity index is 376. The fourth-order valence-electron chi connectivity index (χ4n) is 3.67. The molecule has 2 fully saturated rings. The number of aryl methyl sites for hydroxylation is 1. The van der Waals surface area contributed by atoms with Crippen molar-refractivity contribution in [3.05, 3.63) is 11.9 Å². The first-order valence-corrected chi connectivity index (χ1v) is 6.26. The summed E-state index contributed by atoms with van der Waals surface area (Å²) in [5, 5.41) is 17.9. The van der Waals surface area contributed by atoms with E-state index >= 15 is 0 Å². The second kappa shape index (κ2) is 3.84. The smallest absolute Gasteiger partial charge is 0.0975 e. The lowest BCUT2D eigenvalue weighted by Gasteiger charge is -2.23. The third-order valence-corrected chi connectivity index (χ3v) is 4.50. The highest BCUT2D eigenvalue weighted by Gasteiger charge is 2.40. The maximum atomic E-state index is 10.2. The number of rotatable bonds is 3. The quantitative estimate of drug-likeness (QED) is 0.844. The Kier molecular flexibility index (Phi) is 2.46. The van der Waals surface area contributed by atoms with Crippen LogP contribution in [-0.2, 0) is 7.05 Å². The zero-order valence-electron chi connectivity index (χ0n) is 9.71. The fraction of sp³-hybridized carbons (Fsp3) is 0.833. The summed E-state index contributed by atoms with van der Waals surface area (Å²) in [6.07, 6.45) is 7.72. The Morgan fingerprint density at radius 2 is 2.38 bits per heavy atom. The molecule has 1 heterocycles. The molecule has 4 unspecified atom stereocenters. The van der Waals surface area contributed by atoms with Crippen LogP contribution in [0, 0.1) is 17.8 Å². The first-order valence-electron chi connectivity index (χ1n) is 6.26. The van der Waals surface area contributed by atoms with Crippen LogP contribution >= 0.6 is 0 Å². The zero-order chi connectivity index (χ0) is 11.1. The van der Waals surface area contributed by atoms with E-state index < -0.39 is 0 Å². The maximum absolute atomic E-state index is 10.2. The first-order chi connectivity index (χ1) is 7.74. The Hall–Kier alpha value is -0.900. The van der Waals surface area contributed by atoms with E-state index in [1.54, 1.807) is 10.9 Å². The number of aliphatic hydroxyl groups is 1. The van der Waals surface area contributed by atoms with Crippen molar-refractivity contribution in [3.8, 4) is 0 Å². The number of hydrogen-bond donors (Lipinski definition) is 1. The minimum absolute atomic E-state index is 0.385. The Labute approximate surface area is 95.7 Å². The summed E-state index contributed by atoms with van der Waals surface area (Å²) in [4.78, 5) is 0. The molecule has 88 valence electrons. The van der Waals surface area contributed by atoms with E-state index in [9.17, 15) is 5.11 Å². The van der Waals surface area contributed by atoms with Gasteiger partial charge in [-0.25, -0.2) is 4.68 Å². The number of nitrogens with zero attached hydrogens (tertiary/aromatic N) is 3. The normalized spacial score (nSPS) is 34.5. The van der Waals surface area contributed by atoms with Crippen LogP contribution in [0.5, 0.6) is 0 Å². The summed E-state index contributed by atoms with van der Waals surface area (Å²) in [6.45, 7) is 0. The summed E-state index contributed by atoms with van der Waals surface area (Å²) in [7, 11) is 1.84. The molecule has 0 saturated heterocycles. The minimum atomic E-state index is -0.385. The van der Waals surface area contributed by atoms with Crippen molar-refractivity contribution >= 4 is 0 Å². The summed E-state index contributed by atoms with van der Waals surface area (Å²) in [5.74, 6) is 2.55. The lowest BCUT2D eigenvalue weighted by molar-refractivity contribution is 0.118. The molecular weight excluding hydrogens is 202 g/mol. The highest BCUT2D eigenvalue weighted by Crippen LogP contribution is 2.50. The van der Waals surface area contributed by atoms with Gasteiger partial charge in [0.1, 0.15) is 0 Å². The molecule has 2 aliphatic carbocycles. The van der Waals surface area contributed by atoms with Crippen molar-refractivity contribution in [2.24, 2.45) is 24.8 Å². The van der Waals surface area contributed by atoms with Crippen molar-refractivity contribution < 1.29 is 5.11 Å². The van der Waals surface area contributed by atoms with Crippen LogP contribution in [-0.4, -0.2) is 20.1 Å². The molecule has 4 heteroatoms. The van der Waals surface area contributed by atoms with Gasteiger partial charge in [0.05, 0.1) is 18.0 Å². The van der Waals surface area contributed by atoms with Gasteiger partial charge >= 0.3 is 0 Å². The molecule has 3 rings (SSSR count). The third-order valence-electron chi connectivity index (χ3n) is 4.50. The van der Waals surface area contributed by atoms with Crippen LogP contribution in [0.25, 0.3) is 0 Å². The molecule has 1 aromatic heterocycles. The number of fused-ring (bicyclic) bond motifs is 2. The number of aliphatic hydroxyl groups excluding tert-OH is 1. The van der Waals surface area contributed by atoms with Gasteiger partial charge in [0, 0.05) is 7.05 Å². The van der Waals surface area contributed by atoms with E-state index in [1.807, 2.05) is 7.05 Å². The molecule has 0 amide bonds. The minimum Gasteiger partial charge on any atom is -0.387 e. The molecule has 0 radical (unpaired) electrons. The summed E-state index contributed by atoms with van der Waals surface area (Å²) in [5.41, 5.74) is 0.850. The van der Waals surface area contributed by atoms with E-state index in [0.29, 0.717) is 0 Å². The highest BCUT2D eigenvalue weighted by atomic mass is 16.3. The molecule has 2 aliphatic rings. The molecule has 0 aromatic carbocycles. The third kappa shape index (κ3) is 1.65. The van der Waals surface area contributed by atoms with Gasteiger partial charge in [-0.3, -0.25) is 0 Å². The van der Waals surface area contributed by atoms with Gasteiger partial charge in [-0.05, 0) is 43.4 Å². The maximum Gasteiger partial charge on any atom is 0.0975 e. The highest BCUT2D eigenvalue weighted by molar-refractivity contribution is 5.00. The SMILES string of the molecule is Cn1nncc1C(O)CC1CC2CCC1C2. The van der Waals surface area contributed by atoms with Crippen molar-refractivity contribution in [3.63, 3.8) is 0 Å². The van der Waals surface area contributed by atoms with Crippen molar-refractivity contribution in [2.45, 2.75) is 38.2 Å². The van der Waals surface area contributed by atoms with Crippen molar-refractivity contribution in [1.29, 1.82) is 0 Å². The van der Waals surface area contributed by atoms with Gasteiger partial charge in [-0.2, -0.15) is 0 Å². The first kappa shape index (κ1) is 10.3. The van der Waals surface area contributed by atoms with Gasteiger partial charge in [0.25, 0.3) is 0 Å². The van der Waals surface area contributed by atoms with Crippen LogP contribution in [0.1, 0.15) is 43.9 Å². The van der Waals surface area contributed by atoms with E-state index in [4.69, 9.17) is 0 Å². The molecule has 1 aromatic rings. The predicted octanol–water partition coefficient (Wildman–Crippen LogP) is 1.67. The predicted molar refractivity (Wildman–Crippen MR) is 59.5 cm³/mol. The molecule has 2 bridgehead atoms. The largest absolute Gasteiger partial charge is 0.387 e. The molecule has 4 atom stereocenters. The lowest BCUT2D eigenvalue weighted by atomic mass is 9.84. The van der Waals surface area contributed by atoms with E-state index in [2.05, 4.69) is 10.3 Å². The summed E-state index contributed by atoms with van der Waals surface area (Å²) < 4.78 is 1.68. The van der Waals surface area contributed by atoms with Crippen molar-refractivity contribution in [1.82, 2.24) is 15.0 Å². The second-order valence-electron chi connectivity index (χ2n) is 5.47. The second-order valence-corrected chi connectivity index (χ2v) is 5.47. The van der Waals surface area contributed by atoms with Crippen LogP contribution in [0.15, 0.2) is 6.20 Å². The number of hydrogen-bond acceptors (Lipinski definition) is 3. The summed E-state index contributed by atoms with van der Waals surface area (Å²) >= 11 is 0. The lowest BCUT2D eigenvalue weighted by Crippen LogP contribution is -2.16. The van der Waals surface area contributed by atoms with Crippen LogP contribution in [0.2, 0.25) is 0 Å². The zero-order valence-corrected chi connectivity index (χ0v) is 9.71. The van der Waals surface area contributed by atoms with Crippen LogP contribution in [0.4, 0.5) is 0 Å². The van der Waals surface area contributed by atoms with Gasteiger partial charge < -0.3 is 5.11 Å². The van der Waals surface area contributed by atoms with Gasteiger partial charge in [0.15, 0.2) is 0 Å². The standard InChI is InChI=1S/C12H19N3O/c1-15-11(7-13-14-15)12(16)6-10-5-8-2-3-9(10)4-8/h7-10,12,16H,2-6H2,1H3. The average molecular weight is 221 g/mol. The Balaban J connectivity index is 1.65. The number of aromatic nitrogens is 3. The monoisotopic (exact) mass is 221 g/mol. The molecule has 2 saturated carbocycles. The van der Waals surface area contributed by atoms with Crippen LogP contribution < -0.4 is 0 Å². The molecule has 0 spiro atoms. The molecule has 0 aliphatic heterocycles. The van der Waals surface area contributed by atoms with Crippen LogP contribution in [0.3, 0.4) is 0 Å². The average Bonchev–Trinajstić information content (AvgIpc) is 2.92. The Morgan fingerprint density at radius 1 is 1.50 bits per heavy atom. The molecular formula is C12H19N3O. The van der Waals surface area contributed by atoms with Gasteiger partial charge in [-0.1, -0.05) is 11.6 Å². The van der Waals surface area contributed by atoms with E-state index in [1.165, 1.54) is 25.7 Å². The Morgan fingerprint density at radius 3 is 2.94 bits per heavy atom. The topological polar surface area (TPSA) is 50.9 Å². The van der Waals surface area contributed by atoms with Gasteiger partial charge in [0.2, 0.25) is 0 Å².